The van der Waals surface area contributed by atoms with Crippen LogP contribution in [0.5, 0.6) is 0 Å². The first kappa shape index (κ1) is 7.25. The molecule has 0 amide bonds. The minimum absolute atomic E-state index is 0.693. The van der Waals surface area contributed by atoms with Crippen LogP contribution in [-0.2, 0) is 0 Å². The fourth-order valence-corrected chi connectivity index (χ4v) is 0.929. The molecule has 1 heterocycles. The van der Waals surface area contributed by atoms with Crippen LogP contribution in [0.1, 0.15) is 13.8 Å². The van der Waals surface area contributed by atoms with E-state index in [9.17, 15) is 0 Å². The van der Waals surface area contributed by atoms with Crippen molar-refractivity contribution in [1.29, 1.82) is 0 Å². The molecule has 0 saturated carbocycles. The van der Waals surface area contributed by atoms with Gasteiger partial charge in [0.05, 0.1) is 6.54 Å². The van der Waals surface area contributed by atoms with E-state index >= 15 is 0 Å². The Morgan fingerprint density at radius 3 is 2.80 bits per heavy atom. The number of rotatable bonds is 2. The molecule has 0 aromatic carbocycles. The fourth-order valence-electron chi connectivity index (χ4n) is 0.929. The van der Waals surface area contributed by atoms with Gasteiger partial charge in [0.25, 0.3) is 0 Å². The van der Waals surface area contributed by atoms with Gasteiger partial charge in [0.2, 0.25) is 0 Å². The Bertz CT molecular complexity index is 149. The summed E-state index contributed by atoms with van der Waals surface area (Å²) >= 11 is 0. The summed E-state index contributed by atoms with van der Waals surface area (Å²) in [6.45, 7) is 6.36. The van der Waals surface area contributed by atoms with Gasteiger partial charge in [0, 0.05) is 12.8 Å². The maximum absolute atomic E-state index is 3.78. The third kappa shape index (κ3) is 2.17. The van der Waals surface area contributed by atoms with Crippen LogP contribution in [0.3, 0.4) is 0 Å². The van der Waals surface area contributed by atoms with Crippen molar-refractivity contribution in [3.63, 3.8) is 0 Å². The number of hydrogen-bond donors (Lipinski definition) is 0. The van der Waals surface area contributed by atoms with Gasteiger partial charge in [0.1, 0.15) is 6.34 Å². The molecule has 0 aliphatic carbocycles. The SMILES string of the molecule is CC(C)CN1C=NN=CC1. The summed E-state index contributed by atoms with van der Waals surface area (Å²) in [7, 11) is 0. The molecule has 3 nitrogen and oxygen atoms in total. The van der Waals surface area contributed by atoms with Crippen LogP contribution < -0.4 is 0 Å². The zero-order chi connectivity index (χ0) is 7.40. The van der Waals surface area contributed by atoms with Crippen molar-refractivity contribution in [2.24, 2.45) is 16.1 Å². The van der Waals surface area contributed by atoms with Gasteiger partial charge in [-0.15, -0.1) is 5.10 Å². The molecule has 1 aliphatic rings. The van der Waals surface area contributed by atoms with Gasteiger partial charge in [-0.05, 0) is 5.92 Å². The van der Waals surface area contributed by atoms with Gasteiger partial charge in [0.15, 0.2) is 0 Å². The lowest BCUT2D eigenvalue weighted by molar-refractivity contribution is 0.411. The summed E-state index contributed by atoms with van der Waals surface area (Å²) in [6, 6.07) is 0. The summed E-state index contributed by atoms with van der Waals surface area (Å²) in [5.41, 5.74) is 0. The summed E-state index contributed by atoms with van der Waals surface area (Å²) in [6.07, 6.45) is 3.61. The number of nitrogens with zero attached hydrogens (tertiary/aromatic N) is 3. The Balaban J connectivity index is 2.30. The first-order chi connectivity index (χ1) is 4.79. The molecule has 3 heteroatoms. The van der Waals surface area contributed by atoms with Gasteiger partial charge in [-0.25, -0.2) is 0 Å². The Morgan fingerprint density at radius 2 is 2.30 bits per heavy atom. The van der Waals surface area contributed by atoms with E-state index in [0.717, 1.165) is 13.1 Å². The molecule has 56 valence electrons. The van der Waals surface area contributed by atoms with Gasteiger partial charge in [-0.3, -0.25) is 0 Å². The van der Waals surface area contributed by atoms with E-state index in [0.29, 0.717) is 5.92 Å². The normalized spacial score (nSPS) is 16.9. The topological polar surface area (TPSA) is 28.0 Å². The third-order valence-corrected chi connectivity index (χ3v) is 1.28. The highest BCUT2D eigenvalue weighted by Crippen LogP contribution is 1.96. The summed E-state index contributed by atoms with van der Waals surface area (Å²) in [5, 5.41) is 7.52. The van der Waals surface area contributed by atoms with E-state index < -0.39 is 0 Å². The van der Waals surface area contributed by atoms with Crippen molar-refractivity contribution in [2.75, 3.05) is 13.1 Å². The minimum Gasteiger partial charge on any atom is -0.356 e. The molecule has 0 aromatic heterocycles. The lowest BCUT2D eigenvalue weighted by atomic mass is 10.2. The molecule has 0 atom stereocenters. The smallest absolute Gasteiger partial charge is 0.114 e. The predicted molar refractivity (Wildman–Crippen MR) is 43.4 cm³/mol. The van der Waals surface area contributed by atoms with Crippen LogP contribution in [0.4, 0.5) is 0 Å². The van der Waals surface area contributed by atoms with Crippen molar-refractivity contribution in [2.45, 2.75) is 13.8 Å². The monoisotopic (exact) mass is 139 g/mol. The molecular formula is C7H13N3. The van der Waals surface area contributed by atoms with Crippen LogP contribution in [0.15, 0.2) is 10.2 Å². The van der Waals surface area contributed by atoms with Crippen LogP contribution >= 0.6 is 0 Å². The van der Waals surface area contributed by atoms with E-state index in [1.807, 2.05) is 6.21 Å². The Hall–Kier alpha value is -0.860. The van der Waals surface area contributed by atoms with Crippen molar-refractivity contribution in [1.82, 2.24) is 4.90 Å². The summed E-state index contributed by atoms with van der Waals surface area (Å²) in [4.78, 5) is 2.15. The van der Waals surface area contributed by atoms with Crippen molar-refractivity contribution in [3.05, 3.63) is 0 Å². The molecular weight excluding hydrogens is 126 g/mol. The zero-order valence-corrected chi connectivity index (χ0v) is 6.49. The highest BCUT2D eigenvalue weighted by atomic mass is 15.3. The average molecular weight is 139 g/mol. The Morgan fingerprint density at radius 1 is 1.50 bits per heavy atom. The second kappa shape index (κ2) is 3.34. The third-order valence-electron chi connectivity index (χ3n) is 1.28. The molecule has 0 unspecified atom stereocenters. The first-order valence-electron chi connectivity index (χ1n) is 3.58. The molecule has 1 rings (SSSR count). The second-order valence-electron chi connectivity index (χ2n) is 2.88. The predicted octanol–water partition coefficient (Wildman–Crippen LogP) is 0.972. The molecule has 0 spiro atoms. The fraction of sp³-hybridized carbons (Fsp3) is 0.714. The second-order valence-corrected chi connectivity index (χ2v) is 2.88. The molecule has 0 radical (unpaired) electrons. The van der Waals surface area contributed by atoms with Crippen molar-refractivity contribution >= 4 is 12.6 Å². The molecule has 0 aromatic rings. The molecule has 0 bridgehead atoms. The standard InChI is InChI=1S/C7H13N3/c1-7(2)5-10-4-3-8-9-6-10/h3,6-7H,4-5H2,1-2H3. The highest BCUT2D eigenvalue weighted by Gasteiger charge is 2.02. The quantitative estimate of drug-likeness (QED) is 0.560. The van der Waals surface area contributed by atoms with Crippen LogP contribution in [0, 0.1) is 5.92 Å². The van der Waals surface area contributed by atoms with Crippen LogP contribution in [0.2, 0.25) is 0 Å². The van der Waals surface area contributed by atoms with Crippen LogP contribution in [-0.4, -0.2) is 30.5 Å². The lowest BCUT2D eigenvalue weighted by Gasteiger charge is -2.20. The lowest BCUT2D eigenvalue weighted by Crippen LogP contribution is -2.29. The number of hydrogen-bond acceptors (Lipinski definition) is 3. The van der Waals surface area contributed by atoms with E-state index in [1.165, 1.54) is 0 Å². The van der Waals surface area contributed by atoms with E-state index in [4.69, 9.17) is 0 Å². The highest BCUT2D eigenvalue weighted by molar-refractivity contribution is 5.69. The Labute approximate surface area is 61.4 Å². The van der Waals surface area contributed by atoms with Gasteiger partial charge < -0.3 is 4.90 Å². The van der Waals surface area contributed by atoms with Crippen LogP contribution in [0.25, 0.3) is 0 Å². The minimum atomic E-state index is 0.693. The molecule has 0 N–H and O–H groups in total. The van der Waals surface area contributed by atoms with Crippen molar-refractivity contribution < 1.29 is 0 Å². The summed E-state index contributed by atoms with van der Waals surface area (Å²) in [5.74, 6) is 0.693. The van der Waals surface area contributed by atoms with E-state index in [2.05, 4.69) is 29.0 Å². The first-order valence-corrected chi connectivity index (χ1v) is 3.58. The van der Waals surface area contributed by atoms with E-state index in [1.54, 1.807) is 6.34 Å². The largest absolute Gasteiger partial charge is 0.356 e. The summed E-state index contributed by atoms with van der Waals surface area (Å²) < 4.78 is 0. The maximum Gasteiger partial charge on any atom is 0.114 e. The maximum atomic E-state index is 3.78. The molecule has 10 heavy (non-hydrogen) atoms. The van der Waals surface area contributed by atoms with Gasteiger partial charge in [-0.2, -0.15) is 5.10 Å². The zero-order valence-electron chi connectivity index (χ0n) is 6.49. The van der Waals surface area contributed by atoms with Gasteiger partial charge in [-0.1, -0.05) is 13.8 Å². The molecule has 1 aliphatic heterocycles. The Kier molecular flexibility index (Phi) is 2.42. The van der Waals surface area contributed by atoms with Crippen molar-refractivity contribution in [3.8, 4) is 0 Å². The molecule has 0 saturated heterocycles. The van der Waals surface area contributed by atoms with Gasteiger partial charge >= 0.3 is 0 Å². The molecule has 0 fully saturated rings. The van der Waals surface area contributed by atoms with E-state index in [-0.39, 0.29) is 0 Å². The average Bonchev–Trinajstić information content (AvgIpc) is 1.88.